The number of benzene rings is 1. The van der Waals surface area contributed by atoms with E-state index in [1.807, 2.05) is 24.3 Å². The average Bonchev–Trinajstić information content (AvgIpc) is 2.93. The number of carbonyl (C=O) groups is 1. The Hall–Kier alpha value is -2.57. The van der Waals surface area contributed by atoms with Crippen LogP contribution in [0.3, 0.4) is 0 Å². The second-order valence-corrected chi connectivity index (χ2v) is 4.25. The largest absolute Gasteiger partial charge is 0.496 e. The zero-order valence-corrected chi connectivity index (χ0v) is 11.6. The molecule has 0 radical (unpaired) electrons. The van der Waals surface area contributed by atoms with Crippen molar-refractivity contribution in [3.8, 4) is 17.2 Å². The Balaban J connectivity index is 2.11. The number of para-hydroxylation sites is 1. The van der Waals surface area contributed by atoms with E-state index in [1.54, 1.807) is 21.2 Å². The van der Waals surface area contributed by atoms with Crippen LogP contribution < -0.4 is 10.1 Å². The Kier molecular flexibility index (Phi) is 4.19. The molecule has 0 saturated heterocycles. The Morgan fingerprint density at radius 2 is 2.10 bits per heavy atom. The molecule has 0 spiro atoms. The highest BCUT2D eigenvalue weighted by Gasteiger charge is 2.13. The molecule has 7 heteroatoms. The standard InChI is InChI=1S/C13H16N4O3/c1-17(2)13(18)14-8-11-15-16-12(20-11)9-6-4-5-7-10(9)19-3/h4-7H,8H2,1-3H3,(H,14,18). The maximum Gasteiger partial charge on any atom is 0.317 e. The molecule has 0 aliphatic rings. The van der Waals surface area contributed by atoms with Crippen molar-refractivity contribution in [3.05, 3.63) is 30.2 Å². The van der Waals surface area contributed by atoms with Gasteiger partial charge < -0.3 is 19.4 Å². The highest BCUT2D eigenvalue weighted by Crippen LogP contribution is 2.28. The fourth-order valence-electron chi connectivity index (χ4n) is 1.56. The Labute approximate surface area is 116 Å². The molecular weight excluding hydrogens is 260 g/mol. The quantitative estimate of drug-likeness (QED) is 0.915. The lowest BCUT2D eigenvalue weighted by Crippen LogP contribution is -2.34. The number of urea groups is 1. The first-order valence-corrected chi connectivity index (χ1v) is 6.02. The molecule has 0 aliphatic carbocycles. The molecule has 1 N–H and O–H groups in total. The van der Waals surface area contributed by atoms with Crippen molar-refractivity contribution in [2.24, 2.45) is 0 Å². The minimum atomic E-state index is -0.220. The third kappa shape index (κ3) is 3.05. The molecule has 1 aromatic carbocycles. The van der Waals surface area contributed by atoms with Gasteiger partial charge in [0.2, 0.25) is 5.89 Å². The molecule has 106 valence electrons. The Morgan fingerprint density at radius 3 is 2.80 bits per heavy atom. The van der Waals surface area contributed by atoms with E-state index in [1.165, 1.54) is 4.90 Å². The van der Waals surface area contributed by atoms with Crippen molar-refractivity contribution in [1.82, 2.24) is 20.4 Å². The van der Waals surface area contributed by atoms with Crippen LogP contribution in [0.4, 0.5) is 4.79 Å². The molecule has 0 fully saturated rings. The molecule has 1 heterocycles. The van der Waals surface area contributed by atoms with Crippen molar-refractivity contribution < 1.29 is 13.9 Å². The summed E-state index contributed by atoms with van der Waals surface area (Å²) >= 11 is 0. The highest BCUT2D eigenvalue weighted by molar-refractivity contribution is 5.73. The van der Waals surface area contributed by atoms with Gasteiger partial charge in [-0.2, -0.15) is 0 Å². The van der Waals surface area contributed by atoms with Crippen molar-refractivity contribution in [2.45, 2.75) is 6.54 Å². The first-order valence-electron chi connectivity index (χ1n) is 6.02. The lowest BCUT2D eigenvalue weighted by molar-refractivity contribution is 0.216. The van der Waals surface area contributed by atoms with Gasteiger partial charge in [-0.25, -0.2) is 4.79 Å². The van der Waals surface area contributed by atoms with Gasteiger partial charge in [-0.05, 0) is 12.1 Å². The summed E-state index contributed by atoms with van der Waals surface area (Å²) in [4.78, 5) is 12.8. The van der Waals surface area contributed by atoms with E-state index in [0.29, 0.717) is 23.1 Å². The number of aromatic nitrogens is 2. The summed E-state index contributed by atoms with van der Waals surface area (Å²) < 4.78 is 10.7. The van der Waals surface area contributed by atoms with E-state index in [2.05, 4.69) is 15.5 Å². The van der Waals surface area contributed by atoms with Crippen LogP contribution >= 0.6 is 0 Å². The van der Waals surface area contributed by atoms with Crippen molar-refractivity contribution >= 4 is 6.03 Å². The van der Waals surface area contributed by atoms with Crippen LogP contribution in [0.2, 0.25) is 0 Å². The third-order valence-electron chi connectivity index (χ3n) is 2.60. The smallest absolute Gasteiger partial charge is 0.317 e. The number of hydrogen-bond donors (Lipinski definition) is 1. The van der Waals surface area contributed by atoms with Gasteiger partial charge in [-0.15, -0.1) is 10.2 Å². The number of hydrogen-bond acceptors (Lipinski definition) is 5. The molecule has 2 rings (SSSR count). The summed E-state index contributed by atoms with van der Waals surface area (Å²) in [6.07, 6.45) is 0. The van der Waals surface area contributed by atoms with E-state index in [0.717, 1.165) is 0 Å². The van der Waals surface area contributed by atoms with Crippen LogP contribution in [0.15, 0.2) is 28.7 Å². The van der Waals surface area contributed by atoms with Gasteiger partial charge in [-0.3, -0.25) is 0 Å². The minimum Gasteiger partial charge on any atom is -0.496 e. The zero-order chi connectivity index (χ0) is 14.5. The Bertz CT molecular complexity index is 595. The number of nitrogens with one attached hydrogen (secondary N) is 1. The number of methoxy groups -OCH3 is 1. The SMILES string of the molecule is COc1ccccc1-c1nnc(CNC(=O)N(C)C)o1. The highest BCUT2D eigenvalue weighted by atomic mass is 16.5. The van der Waals surface area contributed by atoms with Crippen LogP contribution in [0.25, 0.3) is 11.5 Å². The molecule has 0 aliphatic heterocycles. The molecule has 2 amide bonds. The maximum atomic E-state index is 11.4. The summed E-state index contributed by atoms with van der Waals surface area (Å²) in [7, 11) is 4.89. The van der Waals surface area contributed by atoms with Gasteiger partial charge in [0.05, 0.1) is 19.2 Å². The van der Waals surface area contributed by atoms with Crippen LogP contribution in [0.1, 0.15) is 5.89 Å². The first-order chi connectivity index (χ1) is 9.61. The molecule has 1 aromatic heterocycles. The number of rotatable bonds is 4. The van der Waals surface area contributed by atoms with Crippen molar-refractivity contribution in [3.63, 3.8) is 0 Å². The average molecular weight is 276 g/mol. The molecule has 20 heavy (non-hydrogen) atoms. The van der Waals surface area contributed by atoms with E-state index in [-0.39, 0.29) is 12.6 Å². The molecule has 0 saturated carbocycles. The first kappa shape index (κ1) is 13.9. The van der Waals surface area contributed by atoms with Crippen LogP contribution in [0.5, 0.6) is 5.75 Å². The number of ether oxygens (including phenoxy) is 1. The topological polar surface area (TPSA) is 80.5 Å². The second-order valence-electron chi connectivity index (χ2n) is 4.25. The summed E-state index contributed by atoms with van der Waals surface area (Å²) in [5.74, 6) is 1.35. The van der Waals surface area contributed by atoms with Crippen LogP contribution in [-0.2, 0) is 6.54 Å². The number of carbonyl (C=O) groups excluding carboxylic acids is 1. The lowest BCUT2D eigenvalue weighted by Gasteiger charge is -2.09. The summed E-state index contributed by atoms with van der Waals surface area (Å²) in [6.45, 7) is 0.180. The summed E-state index contributed by atoms with van der Waals surface area (Å²) in [6, 6.07) is 7.13. The van der Waals surface area contributed by atoms with E-state index < -0.39 is 0 Å². The molecule has 0 atom stereocenters. The van der Waals surface area contributed by atoms with Gasteiger partial charge in [0.15, 0.2) is 0 Å². The van der Waals surface area contributed by atoms with Gasteiger partial charge in [0.1, 0.15) is 5.75 Å². The van der Waals surface area contributed by atoms with E-state index >= 15 is 0 Å². The zero-order valence-electron chi connectivity index (χ0n) is 11.6. The van der Waals surface area contributed by atoms with Crippen molar-refractivity contribution in [1.29, 1.82) is 0 Å². The molecule has 2 aromatic rings. The van der Waals surface area contributed by atoms with Crippen LogP contribution in [0, 0.1) is 0 Å². The van der Waals surface area contributed by atoms with E-state index in [4.69, 9.17) is 9.15 Å². The minimum absolute atomic E-state index is 0.180. The molecule has 0 unspecified atom stereocenters. The monoisotopic (exact) mass is 276 g/mol. The number of amides is 2. The molecule has 7 nitrogen and oxygen atoms in total. The maximum absolute atomic E-state index is 11.4. The predicted octanol–water partition coefficient (Wildman–Crippen LogP) is 1.52. The van der Waals surface area contributed by atoms with Gasteiger partial charge in [0.25, 0.3) is 5.89 Å². The van der Waals surface area contributed by atoms with E-state index in [9.17, 15) is 4.79 Å². The van der Waals surface area contributed by atoms with Crippen LogP contribution in [-0.4, -0.2) is 42.3 Å². The number of nitrogens with zero attached hydrogens (tertiary/aromatic N) is 3. The third-order valence-corrected chi connectivity index (χ3v) is 2.60. The molecular formula is C13H16N4O3. The summed E-state index contributed by atoms with van der Waals surface area (Å²) in [5.41, 5.74) is 0.715. The summed E-state index contributed by atoms with van der Waals surface area (Å²) in [5, 5.41) is 10.5. The lowest BCUT2D eigenvalue weighted by atomic mass is 10.2. The van der Waals surface area contributed by atoms with Gasteiger partial charge in [-0.1, -0.05) is 12.1 Å². The fourth-order valence-corrected chi connectivity index (χ4v) is 1.56. The van der Waals surface area contributed by atoms with Crippen molar-refractivity contribution in [2.75, 3.05) is 21.2 Å². The fraction of sp³-hybridized carbons (Fsp3) is 0.308. The van der Waals surface area contributed by atoms with Gasteiger partial charge >= 0.3 is 6.03 Å². The predicted molar refractivity (Wildman–Crippen MR) is 72.2 cm³/mol. The second kappa shape index (κ2) is 6.05. The van der Waals surface area contributed by atoms with Gasteiger partial charge in [0, 0.05) is 14.1 Å². The Morgan fingerprint density at radius 1 is 1.35 bits per heavy atom. The normalized spacial score (nSPS) is 10.2. The molecule has 0 bridgehead atoms.